The van der Waals surface area contributed by atoms with Crippen LogP contribution in [0.25, 0.3) is 0 Å². The number of rotatable bonds is 10. The summed E-state index contributed by atoms with van der Waals surface area (Å²) in [5.74, 6) is 0.790. The molecular weight excluding hydrogens is 474 g/mol. The summed E-state index contributed by atoms with van der Waals surface area (Å²) in [5.41, 5.74) is 2.31. The number of nitrogens with zero attached hydrogens (tertiary/aromatic N) is 1. The van der Waals surface area contributed by atoms with E-state index in [2.05, 4.69) is 0 Å². The summed E-state index contributed by atoms with van der Waals surface area (Å²) < 4.78 is 39.0. The van der Waals surface area contributed by atoms with Crippen molar-refractivity contribution in [1.29, 1.82) is 0 Å². The number of hydrogen-bond acceptors (Lipinski definition) is 5. The Balaban J connectivity index is 1.80. The standard InChI is InChI=1S/C26H28ClNO5S/c1-4-32-23-13-11-22(12-14-23)28(34(30,31)24-15-9-21(27)10-16-24)26(29)6-5-17-33-25-18-19(2)7-8-20(25)3/h7-16,18H,4-6,17H2,1-3H3. The summed E-state index contributed by atoms with van der Waals surface area (Å²) in [5, 5.41) is 0.404. The second kappa shape index (κ2) is 11.4. The first-order valence-electron chi connectivity index (χ1n) is 11.0. The van der Waals surface area contributed by atoms with Crippen molar-refractivity contribution in [3.05, 3.63) is 82.9 Å². The zero-order chi connectivity index (χ0) is 24.7. The van der Waals surface area contributed by atoms with Crippen LogP contribution in [-0.2, 0) is 14.8 Å². The Bertz CT molecular complexity index is 1230. The minimum Gasteiger partial charge on any atom is -0.494 e. The van der Waals surface area contributed by atoms with Gasteiger partial charge in [-0.05, 0) is 92.9 Å². The predicted octanol–water partition coefficient (Wildman–Crippen LogP) is 5.94. The summed E-state index contributed by atoms with van der Waals surface area (Å²) in [7, 11) is -4.15. The molecule has 0 aliphatic rings. The van der Waals surface area contributed by atoms with E-state index in [4.69, 9.17) is 21.1 Å². The molecule has 0 saturated carbocycles. The first kappa shape index (κ1) is 25.6. The van der Waals surface area contributed by atoms with Crippen LogP contribution in [0.4, 0.5) is 5.69 Å². The minimum atomic E-state index is -4.15. The van der Waals surface area contributed by atoms with Gasteiger partial charge in [0.2, 0.25) is 5.91 Å². The van der Waals surface area contributed by atoms with Gasteiger partial charge in [0.1, 0.15) is 11.5 Å². The van der Waals surface area contributed by atoms with Gasteiger partial charge in [-0.1, -0.05) is 23.7 Å². The van der Waals surface area contributed by atoms with Gasteiger partial charge in [-0.2, -0.15) is 0 Å². The summed E-state index contributed by atoms with van der Waals surface area (Å²) >= 11 is 5.92. The fourth-order valence-electron chi connectivity index (χ4n) is 3.34. The maximum atomic E-state index is 13.4. The van der Waals surface area contributed by atoms with Crippen LogP contribution < -0.4 is 13.8 Å². The number of aryl methyl sites for hydroxylation is 2. The third-order valence-corrected chi connectivity index (χ3v) is 7.11. The molecule has 0 aliphatic carbocycles. The highest BCUT2D eigenvalue weighted by Crippen LogP contribution is 2.28. The quantitative estimate of drug-likeness (QED) is 0.321. The number of halogens is 1. The molecule has 0 radical (unpaired) electrons. The van der Waals surface area contributed by atoms with E-state index < -0.39 is 15.9 Å². The third-order valence-electron chi connectivity index (χ3n) is 5.10. The van der Waals surface area contributed by atoms with Crippen molar-refractivity contribution >= 4 is 33.2 Å². The lowest BCUT2D eigenvalue weighted by Crippen LogP contribution is -2.37. The van der Waals surface area contributed by atoms with Gasteiger partial charge in [-0.15, -0.1) is 0 Å². The van der Waals surface area contributed by atoms with Crippen LogP contribution in [0.15, 0.2) is 71.6 Å². The molecule has 0 unspecified atom stereocenters. The summed E-state index contributed by atoms with van der Waals surface area (Å²) in [6, 6.07) is 18.0. The maximum absolute atomic E-state index is 13.4. The number of ether oxygens (including phenoxy) is 2. The topological polar surface area (TPSA) is 72.9 Å². The lowest BCUT2D eigenvalue weighted by Gasteiger charge is -2.23. The molecule has 1 amide bonds. The van der Waals surface area contributed by atoms with Crippen molar-refractivity contribution in [2.75, 3.05) is 17.5 Å². The predicted molar refractivity (Wildman–Crippen MR) is 134 cm³/mol. The monoisotopic (exact) mass is 501 g/mol. The Kier molecular flexibility index (Phi) is 8.58. The molecular formula is C26H28ClNO5S. The molecule has 3 aromatic carbocycles. The molecule has 0 saturated heterocycles. The molecule has 8 heteroatoms. The highest BCUT2D eigenvalue weighted by Gasteiger charge is 2.30. The molecule has 3 aromatic rings. The molecule has 0 heterocycles. The minimum absolute atomic E-state index is 0.00903. The Hall–Kier alpha value is -3.03. The van der Waals surface area contributed by atoms with E-state index in [9.17, 15) is 13.2 Å². The molecule has 6 nitrogen and oxygen atoms in total. The average molecular weight is 502 g/mol. The fraction of sp³-hybridized carbons (Fsp3) is 0.269. The van der Waals surface area contributed by atoms with E-state index in [1.54, 1.807) is 24.3 Å². The van der Waals surface area contributed by atoms with Crippen molar-refractivity contribution in [3.63, 3.8) is 0 Å². The Morgan fingerprint density at radius 2 is 1.62 bits per heavy atom. The van der Waals surface area contributed by atoms with Crippen molar-refractivity contribution in [3.8, 4) is 11.5 Å². The van der Waals surface area contributed by atoms with Gasteiger partial charge < -0.3 is 9.47 Å². The van der Waals surface area contributed by atoms with Gasteiger partial charge in [0.25, 0.3) is 10.0 Å². The van der Waals surface area contributed by atoms with Gasteiger partial charge >= 0.3 is 0 Å². The van der Waals surface area contributed by atoms with Crippen LogP contribution >= 0.6 is 11.6 Å². The molecule has 0 aromatic heterocycles. The summed E-state index contributed by atoms with van der Waals surface area (Å²) in [6.07, 6.45) is 0.348. The van der Waals surface area contributed by atoms with E-state index >= 15 is 0 Å². The highest BCUT2D eigenvalue weighted by atomic mass is 35.5. The normalized spacial score (nSPS) is 11.2. The van der Waals surface area contributed by atoms with E-state index in [0.29, 0.717) is 23.8 Å². The lowest BCUT2D eigenvalue weighted by molar-refractivity contribution is -0.117. The SMILES string of the molecule is CCOc1ccc(N(C(=O)CCCOc2cc(C)ccc2C)S(=O)(=O)c2ccc(Cl)cc2)cc1. The highest BCUT2D eigenvalue weighted by molar-refractivity contribution is 7.93. The second-order valence-electron chi connectivity index (χ2n) is 7.76. The molecule has 0 aliphatic heterocycles. The van der Waals surface area contributed by atoms with Crippen LogP contribution in [0.2, 0.25) is 5.02 Å². The number of sulfonamides is 1. The molecule has 0 atom stereocenters. The van der Waals surface area contributed by atoms with Crippen molar-refractivity contribution in [1.82, 2.24) is 0 Å². The van der Waals surface area contributed by atoms with Crippen molar-refractivity contribution in [2.45, 2.75) is 38.5 Å². The number of benzene rings is 3. The number of carbonyl (C=O) groups excluding carboxylic acids is 1. The molecule has 0 bridgehead atoms. The fourth-order valence-corrected chi connectivity index (χ4v) is 4.92. The molecule has 0 N–H and O–H groups in total. The van der Waals surface area contributed by atoms with Crippen LogP contribution in [0.5, 0.6) is 11.5 Å². The zero-order valence-corrected chi connectivity index (χ0v) is 21.0. The largest absolute Gasteiger partial charge is 0.494 e. The number of anilines is 1. The van der Waals surface area contributed by atoms with Gasteiger partial charge in [0, 0.05) is 11.4 Å². The maximum Gasteiger partial charge on any atom is 0.270 e. The van der Waals surface area contributed by atoms with E-state index in [1.807, 2.05) is 39.0 Å². The lowest BCUT2D eigenvalue weighted by atomic mass is 10.1. The van der Waals surface area contributed by atoms with Crippen LogP contribution in [0, 0.1) is 13.8 Å². The third kappa shape index (κ3) is 6.30. The first-order valence-corrected chi connectivity index (χ1v) is 12.8. The summed E-state index contributed by atoms with van der Waals surface area (Å²) in [4.78, 5) is 13.2. The Morgan fingerprint density at radius 3 is 2.26 bits per heavy atom. The van der Waals surface area contributed by atoms with Gasteiger partial charge in [0.15, 0.2) is 0 Å². The number of hydrogen-bond donors (Lipinski definition) is 0. The van der Waals surface area contributed by atoms with Crippen molar-refractivity contribution in [2.24, 2.45) is 0 Å². The number of amides is 1. The van der Waals surface area contributed by atoms with Gasteiger partial charge in [-0.3, -0.25) is 4.79 Å². The Morgan fingerprint density at radius 1 is 0.941 bits per heavy atom. The van der Waals surface area contributed by atoms with Crippen LogP contribution in [0.1, 0.15) is 30.9 Å². The first-order chi connectivity index (χ1) is 16.2. The zero-order valence-electron chi connectivity index (χ0n) is 19.5. The molecule has 34 heavy (non-hydrogen) atoms. The average Bonchev–Trinajstić information content (AvgIpc) is 2.80. The van der Waals surface area contributed by atoms with E-state index in [1.165, 1.54) is 24.3 Å². The Labute approximate surface area is 206 Å². The summed E-state index contributed by atoms with van der Waals surface area (Å²) in [6.45, 7) is 6.55. The molecule has 0 fully saturated rings. The van der Waals surface area contributed by atoms with E-state index in [-0.39, 0.29) is 23.6 Å². The second-order valence-corrected chi connectivity index (χ2v) is 9.99. The van der Waals surface area contributed by atoms with E-state index in [0.717, 1.165) is 21.2 Å². The molecule has 180 valence electrons. The van der Waals surface area contributed by atoms with Gasteiger partial charge in [-0.25, -0.2) is 12.7 Å². The smallest absolute Gasteiger partial charge is 0.270 e. The van der Waals surface area contributed by atoms with Crippen LogP contribution in [-0.4, -0.2) is 27.5 Å². The van der Waals surface area contributed by atoms with Crippen LogP contribution in [0.3, 0.4) is 0 Å². The van der Waals surface area contributed by atoms with Crippen molar-refractivity contribution < 1.29 is 22.7 Å². The number of carbonyl (C=O) groups is 1. The molecule has 0 spiro atoms. The molecule has 3 rings (SSSR count). The van der Waals surface area contributed by atoms with Gasteiger partial charge in [0.05, 0.1) is 23.8 Å².